The molecule has 5 nitrogen and oxygen atoms in total. The van der Waals surface area contributed by atoms with Crippen LogP contribution in [0.5, 0.6) is 0 Å². The van der Waals surface area contributed by atoms with E-state index in [1.165, 1.54) is 4.90 Å². The highest BCUT2D eigenvalue weighted by atomic mass is 35.5. The van der Waals surface area contributed by atoms with Crippen LogP contribution < -0.4 is 5.73 Å². The van der Waals surface area contributed by atoms with Crippen LogP contribution in [0.25, 0.3) is 11.1 Å². The maximum absolute atomic E-state index is 12.1. The van der Waals surface area contributed by atoms with Gasteiger partial charge in [-0.05, 0) is 42.5 Å². The largest absolute Gasteiger partial charge is 0.369 e. The molecule has 7 heteroatoms. The van der Waals surface area contributed by atoms with Gasteiger partial charge in [-0.3, -0.25) is 9.69 Å². The Bertz CT molecular complexity index is 816. The van der Waals surface area contributed by atoms with Gasteiger partial charge in [0.2, 0.25) is 5.91 Å². The normalized spacial score (nSPS) is 21.5. The summed E-state index contributed by atoms with van der Waals surface area (Å²) in [4.78, 5) is 23.2. The van der Waals surface area contributed by atoms with E-state index in [-0.39, 0.29) is 11.9 Å². The van der Waals surface area contributed by atoms with Crippen molar-refractivity contribution >= 4 is 34.8 Å². The van der Waals surface area contributed by atoms with E-state index in [4.69, 9.17) is 17.3 Å². The van der Waals surface area contributed by atoms with Gasteiger partial charge in [0.25, 0.3) is 0 Å². The topological polar surface area (TPSA) is 71.6 Å². The highest BCUT2D eigenvalue weighted by Gasteiger charge is 2.37. The number of guanidine groups is 1. The molecule has 0 aromatic carbocycles. The molecule has 0 bridgehead atoms. The number of rotatable bonds is 2. The number of carbonyl (C=O) groups is 1. The third kappa shape index (κ3) is 2.84. The fourth-order valence-electron chi connectivity index (χ4n) is 2.57. The number of aliphatic imine (C=N–C) groups is 1. The summed E-state index contributed by atoms with van der Waals surface area (Å²) in [5.41, 5.74) is 8.14. The van der Waals surface area contributed by atoms with Gasteiger partial charge in [0, 0.05) is 23.7 Å². The van der Waals surface area contributed by atoms with Gasteiger partial charge >= 0.3 is 0 Å². The van der Waals surface area contributed by atoms with Crippen molar-refractivity contribution in [3.63, 3.8) is 0 Å². The summed E-state index contributed by atoms with van der Waals surface area (Å²) in [6.07, 6.45) is 2.03. The van der Waals surface area contributed by atoms with Crippen molar-refractivity contribution in [2.75, 3.05) is 7.05 Å². The molecule has 3 rings (SSSR count). The molecule has 0 saturated carbocycles. The predicted octanol–water partition coefficient (Wildman–Crippen LogP) is 3.16. The number of hydrogen-bond acceptors (Lipinski definition) is 5. The van der Waals surface area contributed by atoms with E-state index in [0.717, 1.165) is 21.6 Å². The molecule has 1 aliphatic rings. The van der Waals surface area contributed by atoms with E-state index in [9.17, 15) is 4.79 Å². The average molecular weight is 349 g/mol. The number of thiophene rings is 1. The monoisotopic (exact) mass is 348 g/mol. The van der Waals surface area contributed by atoms with Crippen LogP contribution in [0.3, 0.4) is 0 Å². The van der Waals surface area contributed by atoms with Gasteiger partial charge in [0.1, 0.15) is 10.7 Å². The van der Waals surface area contributed by atoms with Crippen LogP contribution in [0.2, 0.25) is 5.15 Å². The van der Waals surface area contributed by atoms with Gasteiger partial charge < -0.3 is 5.73 Å². The Hall–Kier alpha value is -1.92. The van der Waals surface area contributed by atoms with Gasteiger partial charge in [-0.25, -0.2) is 9.98 Å². The molecule has 0 saturated heterocycles. The van der Waals surface area contributed by atoms with Crippen LogP contribution in [0.15, 0.2) is 28.7 Å². The Kier molecular flexibility index (Phi) is 3.90. The quantitative estimate of drug-likeness (QED) is 0.847. The average Bonchev–Trinajstić information content (AvgIpc) is 2.98. The summed E-state index contributed by atoms with van der Waals surface area (Å²) in [5.74, 6) is 0.208. The van der Waals surface area contributed by atoms with Gasteiger partial charge in [0.15, 0.2) is 5.96 Å². The highest BCUT2D eigenvalue weighted by molar-refractivity contribution is 7.10. The van der Waals surface area contributed by atoms with Crippen molar-refractivity contribution in [1.29, 1.82) is 0 Å². The molecule has 2 N–H and O–H groups in total. The Balaban J connectivity index is 2.02. The first-order chi connectivity index (χ1) is 10.8. The van der Waals surface area contributed by atoms with Crippen LogP contribution in [-0.2, 0) is 10.3 Å². The SMILES string of the molecule is Cc1cnc(Cl)c(-c2csc([C@]3(C)CC(=O)N(C)C(N)=N3)c2)c1. The molecule has 0 fully saturated rings. The second kappa shape index (κ2) is 5.62. The highest BCUT2D eigenvalue weighted by Crippen LogP contribution is 2.40. The van der Waals surface area contributed by atoms with Crippen molar-refractivity contribution in [3.8, 4) is 11.1 Å². The number of aromatic nitrogens is 1. The van der Waals surface area contributed by atoms with E-state index < -0.39 is 5.54 Å². The summed E-state index contributed by atoms with van der Waals surface area (Å²) < 4.78 is 0. The first kappa shape index (κ1) is 16.0. The van der Waals surface area contributed by atoms with Gasteiger partial charge in [-0.1, -0.05) is 11.6 Å². The maximum atomic E-state index is 12.1. The number of nitrogens with two attached hydrogens (primary N) is 1. The Morgan fingerprint density at radius 1 is 1.43 bits per heavy atom. The molecular weight excluding hydrogens is 332 g/mol. The molecule has 3 heterocycles. The number of aryl methyl sites for hydroxylation is 1. The van der Waals surface area contributed by atoms with Crippen molar-refractivity contribution in [3.05, 3.63) is 39.3 Å². The van der Waals surface area contributed by atoms with E-state index >= 15 is 0 Å². The standard InChI is InChI=1S/C16H17ClN4OS/c1-9-4-11(14(17)19-7-9)10-5-12(23-8-10)16(2)6-13(22)21(3)15(18)20-16/h4-5,7-8H,6H2,1-3H3,(H2,18,20)/t16-/m0/s1. The van der Waals surface area contributed by atoms with E-state index in [1.54, 1.807) is 24.6 Å². The van der Waals surface area contributed by atoms with Crippen molar-refractivity contribution < 1.29 is 4.79 Å². The molecule has 0 unspecified atom stereocenters. The third-order valence-electron chi connectivity index (χ3n) is 3.99. The number of halogens is 1. The second-order valence-corrected chi connectivity index (χ2v) is 7.19. The fraction of sp³-hybridized carbons (Fsp3) is 0.312. The Morgan fingerprint density at radius 2 is 2.17 bits per heavy atom. The molecule has 0 radical (unpaired) electrons. The van der Waals surface area contributed by atoms with Crippen LogP contribution >= 0.6 is 22.9 Å². The summed E-state index contributed by atoms with van der Waals surface area (Å²) in [7, 11) is 1.64. The molecule has 1 amide bonds. The number of nitrogens with zero attached hydrogens (tertiary/aromatic N) is 3. The summed E-state index contributed by atoms with van der Waals surface area (Å²) in [6.45, 7) is 3.90. The zero-order chi connectivity index (χ0) is 16.8. The van der Waals surface area contributed by atoms with E-state index in [2.05, 4.69) is 9.98 Å². The third-order valence-corrected chi connectivity index (χ3v) is 5.48. The predicted molar refractivity (Wildman–Crippen MR) is 93.7 cm³/mol. The van der Waals surface area contributed by atoms with Crippen molar-refractivity contribution in [2.24, 2.45) is 10.7 Å². The minimum atomic E-state index is -0.639. The van der Waals surface area contributed by atoms with E-state index in [0.29, 0.717) is 11.6 Å². The van der Waals surface area contributed by atoms with Crippen LogP contribution in [0.1, 0.15) is 23.8 Å². The molecule has 0 spiro atoms. The van der Waals surface area contributed by atoms with Crippen molar-refractivity contribution in [1.82, 2.24) is 9.88 Å². The van der Waals surface area contributed by atoms with Gasteiger partial charge in [-0.15, -0.1) is 11.3 Å². The van der Waals surface area contributed by atoms with Gasteiger partial charge in [-0.2, -0.15) is 0 Å². The molecule has 23 heavy (non-hydrogen) atoms. The molecule has 0 aliphatic carbocycles. The summed E-state index contributed by atoms with van der Waals surface area (Å²) >= 11 is 7.76. The fourth-order valence-corrected chi connectivity index (χ4v) is 3.79. The lowest BCUT2D eigenvalue weighted by Gasteiger charge is -2.32. The molecular formula is C16H17ClN4OS. The minimum Gasteiger partial charge on any atom is -0.369 e. The number of hydrogen-bond donors (Lipinski definition) is 1. The molecule has 2 aromatic heterocycles. The van der Waals surface area contributed by atoms with Gasteiger partial charge in [0.05, 0.1) is 6.42 Å². The smallest absolute Gasteiger partial charge is 0.231 e. The lowest BCUT2D eigenvalue weighted by atomic mass is 9.93. The van der Waals surface area contributed by atoms with Crippen molar-refractivity contribution in [2.45, 2.75) is 25.8 Å². The number of carbonyl (C=O) groups excluding carboxylic acids is 1. The summed E-state index contributed by atoms with van der Waals surface area (Å²) in [5, 5.41) is 2.48. The lowest BCUT2D eigenvalue weighted by Crippen LogP contribution is -2.47. The Morgan fingerprint density at radius 3 is 2.87 bits per heavy atom. The molecule has 120 valence electrons. The second-order valence-electron chi connectivity index (χ2n) is 5.92. The first-order valence-corrected chi connectivity index (χ1v) is 8.39. The summed E-state index contributed by atoms with van der Waals surface area (Å²) in [6, 6.07) is 4.02. The minimum absolute atomic E-state index is 0.0368. The van der Waals surface area contributed by atoms with E-state index in [1.807, 2.05) is 31.4 Å². The zero-order valence-corrected chi connectivity index (χ0v) is 14.7. The first-order valence-electron chi connectivity index (χ1n) is 7.13. The Labute approximate surface area is 143 Å². The van der Waals surface area contributed by atoms with Crippen LogP contribution in [-0.4, -0.2) is 28.8 Å². The number of pyridine rings is 1. The maximum Gasteiger partial charge on any atom is 0.231 e. The molecule has 1 atom stereocenters. The molecule has 2 aromatic rings. The van der Waals surface area contributed by atoms with Crippen LogP contribution in [0, 0.1) is 6.92 Å². The van der Waals surface area contributed by atoms with Crippen LogP contribution in [0.4, 0.5) is 0 Å². The molecule has 1 aliphatic heterocycles. The number of amides is 1. The zero-order valence-electron chi connectivity index (χ0n) is 13.1. The lowest BCUT2D eigenvalue weighted by molar-refractivity contribution is -0.128.